The highest BCUT2D eigenvalue weighted by molar-refractivity contribution is 5.80. The molecular weight excluding hydrogens is 350 g/mol. The topological polar surface area (TPSA) is 54.6 Å². The minimum atomic E-state index is 0.0596. The van der Waals surface area contributed by atoms with E-state index >= 15 is 0 Å². The number of carbonyl (C=O) groups excluding carboxylic acids is 1. The van der Waals surface area contributed by atoms with Gasteiger partial charge in [0.2, 0.25) is 0 Å². The largest absolute Gasteiger partial charge is 0.357 e. The molecule has 1 atom stereocenters. The molecule has 2 amide bonds. The first-order chi connectivity index (χ1) is 13.6. The summed E-state index contributed by atoms with van der Waals surface area (Å²) in [7, 11) is 2.20. The maximum absolute atomic E-state index is 12.6. The van der Waals surface area contributed by atoms with E-state index < -0.39 is 0 Å². The predicted molar refractivity (Wildman–Crippen MR) is 113 cm³/mol. The van der Waals surface area contributed by atoms with Crippen LogP contribution in [-0.4, -0.2) is 78.1 Å². The van der Waals surface area contributed by atoms with Crippen LogP contribution in [0.1, 0.15) is 25.5 Å². The number of hydrogen-bond donors (Lipinski definition) is 2. The van der Waals surface area contributed by atoms with Gasteiger partial charge < -0.3 is 20.1 Å². The molecule has 0 saturated carbocycles. The van der Waals surface area contributed by atoms with Crippen LogP contribution in [-0.2, 0) is 6.54 Å². The number of carbonyl (C=O) groups is 1. The zero-order valence-corrected chi connectivity index (χ0v) is 17.2. The molecule has 2 saturated heterocycles. The lowest BCUT2D eigenvalue weighted by atomic mass is 9.89. The number of likely N-dealkylation sites (tertiary alicyclic amines) is 1. The van der Waals surface area contributed by atoms with Gasteiger partial charge in [-0.15, -0.1) is 0 Å². The molecule has 6 nitrogen and oxygen atoms in total. The molecule has 2 fully saturated rings. The van der Waals surface area contributed by atoms with Crippen molar-refractivity contribution in [3.63, 3.8) is 0 Å². The molecule has 28 heavy (non-hydrogen) atoms. The lowest BCUT2D eigenvalue weighted by Gasteiger charge is -2.42. The maximum Gasteiger partial charge on any atom is 0.317 e. The normalized spacial score (nSPS) is 21.1. The van der Waals surface area contributed by atoms with Gasteiger partial charge in [-0.25, -0.2) is 4.79 Å². The molecular formula is C22H33N5O. The minimum absolute atomic E-state index is 0.0596. The molecule has 1 aromatic heterocycles. The Morgan fingerprint density at radius 3 is 2.57 bits per heavy atom. The highest BCUT2D eigenvalue weighted by Crippen LogP contribution is 2.25. The summed E-state index contributed by atoms with van der Waals surface area (Å²) in [6.07, 6.45) is 2.21. The van der Waals surface area contributed by atoms with Crippen LogP contribution >= 0.6 is 0 Å². The molecule has 0 aliphatic carbocycles. The third-order valence-corrected chi connectivity index (χ3v) is 6.64. The van der Waals surface area contributed by atoms with Crippen molar-refractivity contribution in [1.82, 2.24) is 25.0 Å². The predicted octanol–water partition coefficient (Wildman–Crippen LogP) is 2.73. The molecule has 0 radical (unpaired) electrons. The van der Waals surface area contributed by atoms with Crippen molar-refractivity contribution in [3.8, 4) is 0 Å². The third kappa shape index (κ3) is 4.33. The van der Waals surface area contributed by atoms with Gasteiger partial charge in [0.1, 0.15) is 0 Å². The number of benzene rings is 1. The Morgan fingerprint density at radius 2 is 1.86 bits per heavy atom. The van der Waals surface area contributed by atoms with E-state index in [0.717, 1.165) is 37.1 Å². The van der Waals surface area contributed by atoms with Crippen LogP contribution in [0, 0.1) is 5.92 Å². The van der Waals surface area contributed by atoms with Gasteiger partial charge in [-0.05, 0) is 50.2 Å². The summed E-state index contributed by atoms with van der Waals surface area (Å²) in [6, 6.07) is 11.0. The first-order valence-corrected chi connectivity index (χ1v) is 10.6. The van der Waals surface area contributed by atoms with Crippen LogP contribution in [0.4, 0.5) is 4.79 Å². The fourth-order valence-electron chi connectivity index (χ4n) is 4.62. The number of piperazine rings is 1. The van der Waals surface area contributed by atoms with Crippen LogP contribution in [0.15, 0.2) is 30.3 Å². The highest BCUT2D eigenvalue weighted by Gasteiger charge is 2.30. The lowest BCUT2D eigenvalue weighted by Crippen LogP contribution is -2.52. The lowest BCUT2D eigenvalue weighted by molar-refractivity contribution is 0.0664. The van der Waals surface area contributed by atoms with Gasteiger partial charge in [-0.3, -0.25) is 4.90 Å². The van der Waals surface area contributed by atoms with E-state index in [1.54, 1.807) is 0 Å². The molecule has 1 aromatic carbocycles. The van der Waals surface area contributed by atoms with Crippen molar-refractivity contribution < 1.29 is 4.79 Å². The standard InChI is InChI=1S/C22H33N5O/c1-17(26-13-11-25(2)12-14-26)18-7-9-27(10-8-18)22(28)23-16-20-15-19-5-3-4-6-21(19)24-20/h3-6,15,17-18,24H,7-14,16H2,1-2H3,(H,23,28)/t17-/m1/s1. The number of rotatable bonds is 4. The Labute approximate surface area is 167 Å². The molecule has 4 rings (SSSR count). The number of nitrogens with zero attached hydrogens (tertiary/aromatic N) is 3. The Hall–Kier alpha value is -2.05. The van der Waals surface area contributed by atoms with Gasteiger partial charge in [0.15, 0.2) is 0 Å². The van der Waals surface area contributed by atoms with Gasteiger partial charge in [-0.1, -0.05) is 18.2 Å². The fraction of sp³-hybridized carbons (Fsp3) is 0.591. The first kappa shape index (κ1) is 19.3. The molecule has 3 heterocycles. The van der Waals surface area contributed by atoms with Crippen molar-refractivity contribution in [2.75, 3.05) is 46.3 Å². The van der Waals surface area contributed by atoms with Gasteiger partial charge >= 0.3 is 6.03 Å². The number of nitrogens with one attached hydrogen (secondary N) is 2. The van der Waals surface area contributed by atoms with E-state index in [-0.39, 0.29) is 6.03 Å². The van der Waals surface area contributed by atoms with E-state index in [4.69, 9.17) is 0 Å². The van der Waals surface area contributed by atoms with Crippen molar-refractivity contribution in [2.24, 2.45) is 5.92 Å². The monoisotopic (exact) mass is 383 g/mol. The smallest absolute Gasteiger partial charge is 0.317 e. The highest BCUT2D eigenvalue weighted by atomic mass is 16.2. The average Bonchev–Trinajstić information content (AvgIpc) is 3.15. The fourth-order valence-corrected chi connectivity index (χ4v) is 4.62. The van der Waals surface area contributed by atoms with Crippen LogP contribution in [0.25, 0.3) is 10.9 Å². The number of H-pyrrole nitrogens is 1. The van der Waals surface area contributed by atoms with Gasteiger partial charge in [0.25, 0.3) is 0 Å². The summed E-state index contributed by atoms with van der Waals surface area (Å²) in [5.41, 5.74) is 2.17. The zero-order chi connectivity index (χ0) is 19.5. The molecule has 2 aliphatic rings. The van der Waals surface area contributed by atoms with Crippen LogP contribution in [0.3, 0.4) is 0 Å². The number of para-hydroxylation sites is 1. The van der Waals surface area contributed by atoms with Crippen molar-refractivity contribution >= 4 is 16.9 Å². The second-order valence-corrected chi connectivity index (χ2v) is 8.44. The number of aromatic amines is 1. The number of hydrogen-bond acceptors (Lipinski definition) is 3. The summed E-state index contributed by atoms with van der Waals surface area (Å²) in [5.74, 6) is 0.696. The molecule has 0 spiro atoms. The summed E-state index contributed by atoms with van der Waals surface area (Å²) in [4.78, 5) is 23.0. The van der Waals surface area contributed by atoms with E-state index in [1.165, 1.54) is 31.6 Å². The molecule has 0 bridgehead atoms. The van der Waals surface area contributed by atoms with Crippen LogP contribution < -0.4 is 5.32 Å². The van der Waals surface area contributed by atoms with E-state index in [0.29, 0.717) is 18.5 Å². The summed E-state index contributed by atoms with van der Waals surface area (Å²) < 4.78 is 0. The molecule has 0 unspecified atom stereocenters. The molecule has 2 aromatic rings. The number of urea groups is 1. The molecule has 6 heteroatoms. The van der Waals surface area contributed by atoms with E-state index in [9.17, 15) is 4.79 Å². The van der Waals surface area contributed by atoms with E-state index in [1.807, 2.05) is 17.0 Å². The zero-order valence-electron chi connectivity index (χ0n) is 17.2. The summed E-state index contributed by atoms with van der Waals surface area (Å²) in [6.45, 7) is 9.32. The maximum atomic E-state index is 12.6. The van der Waals surface area contributed by atoms with Crippen molar-refractivity contribution in [1.29, 1.82) is 0 Å². The van der Waals surface area contributed by atoms with E-state index in [2.05, 4.69) is 52.3 Å². The Bertz CT molecular complexity index is 754. The number of aromatic nitrogens is 1. The Kier molecular flexibility index (Phi) is 5.87. The number of amides is 2. The molecule has 2 N–H and O–H groups in total. The Balaban J connectivity index is 1.23. The van der Waals surface area contributed by atoms with Crippen LogP contribution in [0.5, 0.6) is 0 Å². The summed E-state index contributed by atoms with van der Waals surface area (Å²) >= 11 is 0. The van der Waals surface area contributed by atoms with Gasteiger partial charge in [0.05, 0.1) is 6.54 Å². The Morgan fingerprint density at radius 1 is 1.14 bits per heavy atom. The number of fused-ring (bicyclic) bond motifs is 1. The SMILES string of the molecule is C[C@H](C1CCN(C(=O)NCc2cc3ccccc3[nH]2)CC1)N1CCN(C)CC1. The third-order valence-electron chi connectivity index (χ3n) is 6.64. The van der Waals surface area contributed by atoms with Gasteiger partial charge in [0, 0.05) is 56.5 Å². The number of likely N-dealkylation sites (N-methyl/N-ethyl adjacent to an activating group) is 1. The summed E-state index contributed by atoms with van der Waals surface area (Å²) in [5, 5.41) is 4.27. The van der Waals surface area contributed by atoms with Crippen molar-refractivity contribution in [3.05, 3.63) is 36.0 Å². The van der Waals surface area contributed by atoms with Gasteiger partial charge in [-0.2, -0.15) is 0 Å². The molecule has 152 valence electrons. The quantitative estimate of drug-likeness (QED) is 0.854. The second-order valence-electron chi connectivity index (χ2n) is 8.44. The number of piperidine rings is 1. The van der Waals surface area contributed by atoms with Crippen molar-refractivity contribution in [2.45, 2.75) is 32.4 Å². The van der Waals surface area contributed by atoms with Crippen LogP contribution in [0.2, 0.25) is 0 Å². The first-order valence-electron chi connectivity index (χ1n) is 10.6. The second kappa shape index (κ2) is 8.53. The average molecular weight is 384 g/mol. The molecule has 2 aliphatic heterocycles. The minimum Gasteiger partial charge on any atom is -0.357 e.